The molecule has 2 unspecified atom stereocenters. The van der Waals surface area contributed by atoms with Crippen molar-refractivity contribution in [3.8, 4) is 0 Å². The number of amides is 1. The molecule has 0 radical (unpaired) electrons. The second-order valence-corrected chi connectivity index (χ2v) is 5.50. The standard InChI is InChI=1S/C15H21N3O.2ClH/c19-15(18-12-6-7-16-9-12)10-17-14-8-13(14)11-4-2-1-3-5-11;;/h1-5,12-14,16-17H,6-10H2,(H,18,19);2*1H/t12-,13?,14?;;/m1../s1. The van der Waals surface area contributed by atoms with Crippen LogP contribution in [0.1, 0.15) is 24.3 Å². The molecule has 2 fully saturated rings. The largest absolute Gasteiger partial charge is 0.351 e. The topological polar surface area (TPSA) is 53.2 Å². The Kier molecular flexibility index (Phi) is 7.46. The molecule has 0 aromatic heterocycles. The summed E-state index contributed by atoms with van der Waals surface area (Å²) in [6.07, 6.45) is 2.18. The van der Waals surface area contributed by atoms with Gasteiger partial charge in [-0.25, -0.2) is 0 Å². The Morgan fingerprint density at radius 1 is 1.24 bits per heavy atom. The molecule has 1 saturated heterocycles. The smallest absolute Gasteiger partial charge is 0.234 e. The van der Waals surface area contributed by atoms with Crippen molar-refractivity contribution in [2.75, 3.05) is 19.6 Å². The first-order chi connectivity index (χ1) is 9.33. The maximum absolute atomic E-state index is 11.8. The van der Waals surface area contributed by atoms with E-state index in [2.05, 4.69) is 40.2 Å². The summed E-state index contributed by atoms with van der Waals surface area (Å²) in [4.78, 5) is 11.8. The molecule has 1 aliphatic heterocycles. The summed E-state index contributed by atoms with van der Waals surface area (Å²) in [5.41, 5.74) is 1.38. The van der Waals surface area contributed by atoms with Crippen LogP contribution < -0.4 is 16.0 Å². The summed E-state index contributed by atoms with van der Waals surface area (Å²) < 4.78 is 0. The van der Waals surface area contributed by atoms with Gasteiger partial charge in [-0.05, 0) is 24.9 Å². The van der Waals surface area contributed by atoms with Gasteiger partial charge < -0.3 is 16.0 Å². The molecule has 0 spiro atoms. The number of hydrogen-bond acceptors (Lipinski definition) is 3. The van der Waals surface area contributed by atoms with Gasteiger partial charge in [0.2, 0.25) is 5.91 Å². The van der Waals surface area contributed by atoms with Crippen LogP contribution in [0.4, 0.5) is 0 Å². The van der Waals surface area contributed by atoms with Crippen molar-refractivity contribution in [2.45, 2.75) is 30.8 Å². The normalized spacial score (nSPS) is 26.4. The van der Waals surface area contributed by atoms with E-state index >= 15 is 0 Å². The number of hydrogen-bond donors (Lipinski definition) is 3. The molecule has 6 heteroatoms. The molecular formula is C15H23Cl2N3O. The lowest BCUT2D eigenvalue weighted by Gasteiger charge is -2.11. The van der Waals surface area contributed by atoms with E-state index in [9.17, 15) is 4.79 Å². The Balaban J connectivity index is 0.00000110. The van der Waals surface area contributed by atoms with Crippen molar-refractivity contribution < 1.29 is 4.79 Å². The first-order valence-corrected chi connectivity index (χ1v) is 7.11. The van der Waals surface area contributed by atoms with Gasteiger partial charge in [0.1, 0.15) is 0 Å². The lowest BCUT2D eigenvalue weighted by molar-refractivity contribution is -0.120. The Morgan fingerprint density at radius 3 is 2.67 bits per heavy atom. The number of halogens is 2. The van der Waals surface area contributed by atoms with Crippen LogP contribution in [0.25, 0.3) is 0 Å². The number of nitrogens with one attached hydrogen (secondary N) is 3. The Bertz CT molecular complexity index is 438. The van der Waals surface area contributed by atoms with Crippen molar-refractivity contribution >= 4 is 30.7 Å². The van der Waals surface area contributed by atoms with Gasteiger partial charge in [0, 0.05) is 24.5 Å². The van der Waals surface area contributed by atoms with Gasteiger partial charge in [-0.15, -0.1) is 24.8 Å². The lowest BCUT2D eigenvalue weighted by atomic mass is 10.1. The molecule has 4 nitrogen and oxygen atoms in total. The van der Waals surface area contributed by atoms with Crippen molar-refractivity contribution in [1.82, 2.24) is 16.0 Å². The highest BCUT2D eigenvalue weighted by Gasteiger charge is 2.37. The van der Waals surface area contributed by atoms with E-state index in [1.54, 1.807) is 0 Å². The lowest BCUT2D eigenvalue weighted by Crippen LogP contribution is -2.42. The van der Waals surface area contributed by atoms with E-state index in [1.165, 1.54) is 5.56 Å². The molecular weight excluding hydrogens is 309 g/mol. The minimum absolute atomic E-state index is 0. The average molecular weight is 332 g/mol. The second-order valence-electron chi connectivity index (χ2n) is 5.50. The number of benzene rings is 1. The minimum Gasteiger partial charge on any atom is -0.351 e. The predicted molar refractivity (Wildman–Crippen MR) is 89.5 cm³/mol. The van der Waals surface area contributed by atoms with Crippen LogP contribution in [-0.4, -0.2) is 37.6 Å². The summed E-state index contributed by atoms with van der Waals surface area (Å²) in [7, 11) is 0. The third kappa shape index (κ3) is 5.15. The molecule has 2 aliphatic rings. The molecule has 118 valence electrons. The zero-order valence-corrected chi connectivity index (χ0v) is 13.5. The molecule has 1 aromatic rings. The van der Waals surface area contributed by atoms with Gasteiger partial charge in [0.05, 0.1) is 6.54 Å². The van der Waals surface area contributed by atoms with Crippen LogP contribution in [-0.2, 0) is 4.79 Å². The molecule has 1 aliphatic carbocycles. The highest BCUT2D eigenvalue weighted by Crippen LogP contribution is 2.40. The van der Waals surface area contributed by atoms with Gasteiger partial charge in [0.15, 0.2) is 0 Å². The Labute approximate surface area is 138 Å². The van der Waals surface area contributed by atoms with Crippen molar-refractivity contribution in [3.05, 3.63) is 35.9 Å². The quantitative estimate of drug-likeness (QED) is 0.765. The van der Waals surface area contributed by atoms with Crippen LogP contribution in [0.5, 0.6) is 0 Å². The van der Waals surface area contributed by atoms with Gasteiger partial charge in [-0.1, -0.05) is 30.3 Å². The summed E-state index contributed by atoms with van der Waals surface area (Å²) in [5, 5.41) is 9.65. The van der Waals surface area contributed by atoms with E-state index in [0.29, 0.717) is 24.5 Å². The third-order valence-corrected chi connectivity index (χ3v) is 3.97. The zero-order chi connectivity index (χ0) is 13.1. The summed E-state index contributed by atoms with van der Waals surface area (Å²) in [6.45, 7) is 2.35. The van der Waals surface area contributed by atoms with Crippen LogP contribution in [0, 0.1) is 0 Å². The third-order valence-electron chi connectivity index (χ3n) is 3.97. The van der Waals surface area contributed by atoms with Gasteiger partial charge in [-0.2, -0.15) is 0 Å². The van der Waals surface area contributed by atoms with Crippen LogP contribution in [0.15, 0.2) is 30.3 Å². The predicted octanol–water partition coefficient (Wildman–Crippen LogP) is 1.45. The molecule has 3 N–H and O–H groups in total. The zero-order valence-electron chi connectivity index (χ0n) is 11.9. The molecule has 1 aromatic carbocycles. The summed E-state index contributed by atoms with van der Waals surface area (Å²) in [6, 6.07) is 11.3. The van der Waals surface area contributed by atoms with E-state index in [0.717, 1.165) is 25.9 Å². The Morgan fingerprint density at radius 2 is 2.00 bits per heavy atom. The van der Waals surface area contributed by atoms with E-state index in [1.807, 2.05) is 6.07 Å². The molecule has 21 heavy (non-hydrogen) atoms. The summed E-state index contributed by atoms with van der Waals surface area (Å²) >= 11 is 0. The van der Waals surface area contributed by atoms with Gasteiger partial charge >= 0.3 is 0 Å². The summed E-state index contributed by atoms with van der Waals surface area (Å²) in [5.74, 6) is 0.703. The van der Waals surface area contributed by atoms with E-state index < -0.39 is 0 Å². The van der Waals surface area contributed by atoms with E-state index in [-0.39, 0.29) is 30.7 Å². The monoisotopic (exact) mass is 331 g/mol. The maximum Gasteiger partial charge on any atom is 0.234 e. The van der Waals surface area contributed by atoms with Crippen LogP contribution in [0.3, 0.4) is 0 Å². The minimum atomic E-state index is 0. The average Bonchev–Trinajstić information content (AvgIpc) is 3.05. The Hall–Kier alpha value is -0.810. The highest BCUT2D eigenvalue weighted by atomic mass is 35.5. The fourth-order valence-corrected chi connectivity index (χ4v) is 2.77. The maximum atomic E-state index is 11.8. The van der Waals surface area contributed by atoms with Crippen molar-refractivity contribution in [2.24, 2.45) is 0 Å². The van der Waals surface area contributed by atoms with Gasteiger partial charge in [0.25, 0.3) is 0 Å². The number of rotatable bonds is 5. The van der Waals surface area contributed by atoms with E-state index in [4.69, 9.17) is 0 Å². The number of carbonyl (C=O) groups excluding carboxylic acids is 1. The van der Waals surface area contributed by atoms with Gasteiger partial charge in [-0.3, -0.25) is 4.79 Å². The fraction of sp³-hybridized carbons (Fsp3) is 0.533. The molecule has 0 bridgehead atoms. The fourth-order valence-electron chi connectivity index (χ4n) is 2.77. The molecule has 1 amide bonds. The second kappa shape index (κ2) is 8.59. The first-order valence-electron chi connectivity index (χ1n) is 7.11. The van der Waals surface area contributed by atoms with Crippen molar-refractivity contribution in [3.63, 3.8) is 0 Å². The molecule has 3 rings (SSSR count). The van der Waals surface area contributed by atoms with Crippen molar-refractivity contribution in [1.29, 1.82) is 0 Å². The first kappa shape index (κ1) is 18.2. The van der Waals surface area contributed by atoms with Crippen LogP contribution in [0.2, 0.25) is 0 Å². The molecule has 1 heterocycles. The molecule has 1 saturated carbocycles. The van der Waals surface area contributed by atoms with Crippen LogP contribution >= 0.6 is 24.8 Å². The SMILES string of the molecule is Cl.Cl.O=C(CNC1CC1c1ccccc1)N[C@@H]1CCNC1. The highest BCUT2D eigenvalue weighted by molar-refractivity contribution is 5.85. The molecule has 3 atom stereocenters. The number of carbonyl (C=O) groups is 1.